The molecule has 1 atom stereocenters. The molecule has 1 aromatic carbocycles. The number of amides is 1. The second-order valence-corrected chi connectivity index (χ2v) is 7.12. The first kappa shape index (κ1) is 17.2. The number of benzene rings is 1. The number of nitrogens with one attached hydrogen (secondary N) is 1. The summed E-state index contributed by atoms with van der Waals surface area (Å²) in [5, 5.41) is 6.60. The van der Waals surface area contributed by atoms with Gasteiger partial charge in [0, 0.05) is 25.6 Å². The Balaban J connectivity index is 1.52. The Hall–Kier alpha value is -1.63. The largest absolute Gasteiger partial charge is 0.378 e. The zero-order valence-corrected chi connectivity index (χ0v) is 15.1. The fraction of sp³-hybridized carbons (Fsp3) is 0.412. The molecular weight excluding hydrogens is 346 g/mol. The number of rotatable bonds is 6. The van der Waals surface area contributed by atoms with Crippen LogP contribution in [0.15, 0.2) is 29.6 Å². The van der Waals surface area contributed by atoms with Crippen molar-refractivity contribution in [1.29, 1.82) is 0 Å². The minimum absolute atomic E-state index is 0.0154. The summed E-state index contributed by atoms with van der Waals surface area (Å²) in [6.45, 7) is 2.51. The maximum Gasteiger partial charge on any atom is 0.225 e. The van der Waals surface area contributed by atoms with Crippen molar-refractivity contribution in [2.45, 2.75) is 19.6 Å². The van der Waals surface area contributed by atoms with Crippen molar-refractivity contribution in [3.05, 3.63) is 45.4 Å². The monoisotopic (exact) mass is 365 g/mol. The maximum atomic E-state index is 12.4. The predicted molar refractivity (Wildman–Crippen MR) is 96.4 cm³/mol. The highest BCUT2D eigenvalue weighted by molar-refractivity contribution is 7.09. The van der Waals surface area contributed by atoms with Crippen LogP contribution in [0.4, 0.5) is 5.69 Å². The van der Waals surface area contributed by atoms with E-state index < -0.39 is 0 Å². The van der Waals surface area contributed by atoms with E-state index in [9.17, 15) is 4.79 Å². The molecule has 1 saturated heterocycles. The molecule has 1 aromatic heterocycles. The second-order valence-electron chi connectivity index (χ2n) is 5.77. The van der Waals surface area contributed by atoms with Gasteiger partial charge < -0.3 is 15.0 Å². The van der Waals surface area contributed by atoms with Gasteiger partial charge in [-0.1, -0.05) is 23.7 Å². The molecule has 7 heteroatoms. The average molecular weight is 366 g/mol. The lowest BCUT2D eigenvalue weighted by Crippen LogP contribution is -2.32. The van der Waals surface area contributed by atoms with Gasteiger partial charge in [-0.3, -0.25) is 4.79 Å². The number of ether oxygens (including phenoxy) is 1. The quantitative estimate of drug-likeness (QED) is 0.854. The third-order valence-electron chi connectivity index (χ3n) is 4.06. The molecule has 2 heterocycles. The van der Waals surface area contributed by atoms with E-state index in [-0.39, 0.29) is 11.8 Å². The highest BCUT2D eigenvalue weighted by Crippen LogP contribution is 2.30. The van der Waals surface area contributed by atoms with Crippen molar-refractivity contribution >= 4 is 34.5 Å². The molecule has 0 radical (unpaired) electrons. The van der Waals surface area contributed by atoms with E-state index in [1.165, 1.54) is 0 Å². The van der Waals surface area contributed by atoms with Gasteiger partial charge in [-0.05, 0) is 18.6 Å². The van der Waals surface area contributed by atoms with Crippen LogP contribution in [0, 0.1) is 5.92 Å². The fourth-order valence-electron chi connectivity index (χ4n) is 2.84. The smallest absolute Gasteiger partial charge is 0.225 e. The normalized spacial score (nSPS) is 17.2. The summed E-state index contributed by atoms with van der Waals surface area (Å²) in [6.07, 6.45) is 0.836. The van der Waals surface area contributed by atoms with Gasteiger partial charge in [-0.15, -0.1) is 11.3 Å². The zero-order valence-electron chi connectivity index (χ0n) is 13.5. The molecule has 0 aliphatic carbocycles. The van der Waals surface area contributed by atoms with Crippen LogP contribution in [0.3, 0.4) is 0 Å². The van der Waals surface area contributed by atoms with Crippen LogP contribution >= 0.6 is 22.9 Å². The Bertz CT molecular complexity index is 707. The minimum atomic E-state index is -0.0154. The number of anilines is 1. The van der Waals surface area contributed by atoms with Crippen LogP contribution in [-0.4, -0.2) is 31.1 Å². The standard InChI is InChI=1S/C17H20ClN3O2S/c1-23-10-16-20-13(11-24-16)8-19-17(22)12-6-7-21(9-12)15-5-3-2-4-14(15)18/h2-5,11-12H,6-10H2,1H3,(H,19,22). The van der Waals surface area contributed by atoms with E-state index in [2.05, 4.69) is 15.2 Å². The van der Waals surface area contributed by atoms with Crippen LogP contribution in [0.5, 0.6) is 0 Å². The SMILES string of the molecule is COCc1nc(CNC(=O)C2CCN(c3ccccc3Cl)C2)cs1. The summed E-state index contributed by atoms with van der Waals surface area (Å²) in [5.74, 6) is 0.0594. The summed E-state index contributed by atoms with van der Waals surface area (Å²) in [6, 6.07) is 7.76. The number of aromatic nitrogens is 1. The van der Waals surface area contributed by atoms with E-state index in [0.29, 0.717) is 19.7 Å². The molecule has 0 saturated carbocycles. The van der Waals surface area contributed by atoms with Crippen LogP contribution in [0.1, 0.15) is 17.1 Å². The summed E-state index contributed by atoms with van der Waals surface area (Å²) < 4.78 is 5.06. The van der Waals surface area contributed by atoms with Crippen molar-refractivity contribution in [1.82, 2.24) is 10.3 Å². The van der Waals surface area contributed by atoms with E-state index in [4.69, 9.17) is 16.3 Å². The summed E-state index contributed by atoms with van der Waals surface area (Å²) in [4.78, 5) is 19.0. The van der Waals surface area contributed by atoms with Crippen molar-refractivity contribution in [2.75, 3.05) is 25.1 Å². The van der Waals surface area contributed by atoms with Gasteiger partial charge in [-0.25, -0.2) is 4.98 Å². The lowest BCUT2D eigenvalue weighted by atomic mass is 10.1. The third-order valence-corrected chi connectivity index (χ3v) is 5.25. The molecule has 0 spiro atoms. The lowest BCUT2D eigenvalue weighted by Gasteiger charge is -2.19. The van der Waals surface area contributed by atoms with Crippen molar-refractivity contribution in [3.63, 3.8) is 0 Å². The number of nitrogens with zero attached hydrogens (tertiary/aromatic N) is 2. The third kappa shape index (κ3) is 4.06. The Morgan fingerprint density at radius 1 is 1.50 bits per heavy atom. The number of hydrogen-bond acceptors (Lipinski definition) is 5. The van der Waals surface area contributed by atoms with Crippen molar-refractivity contribution < 1.29 is 9.53 Å². The Labute approximate surface area is 150 Å². The second kappa shape index (κ2) is 7.96. The maximum absolute atomic E-state index is 12.4. The zero-order chi connectivity index (χ0) is 16.9. The van der Waals surface area contributed by atoms with Crippen LogP contribution in [0.25, 0.3) is 0 Å². The average Bonchev–Trinajstić information content (AvgIpc) is 3.23. The molecular formula is C17H20ClN3O2S. The van der Waals surface area contributed by atoms with Crippen LogP contribution < -0.4 is 10.2 Å². The van der Waals surface area contributed by atoms with Crippen molar-refractivity contribution in [3.8, 4) is 0 Å². The number of methoxy groups -OCH3 is 1. The van der Waals surface area contributed by atoms with Gasteiger partial charge in [0.2, 0.25) is 5.91 Å². The number of carbonyl (C=O) groups is 1. The number of para-hydroxylation sites is 1. The van der Waals surface area contributed by atoms with E-state index in [1.54, 1.807) is 18.4 Å². The minimum Gasteiger partial charge on any atom is -0.378 e. The molecule has 1 unspecified atom stereocenters. The summed E-state index contributed by atoms with van der Waals surface area (Å²) in [5.41, 5.74) is 1.87. The molecule has 1 amide bonds. The van der Waals surface area contributed by atoms with Crippen LogP contribution in [0.2, 0.25) is 5.02 Å². The highest BCUT2D eigenvalue weighted by Gasteiger charge is 2.29. The first-order valence-electron chi connectivity index (χ1n) is 7.86. The molecule has 0 bridgehead atoms. The van der Waals surface area contributed by atoms with E-state index >= 15 is 0 Å². The molecule has 5 nitrogen and oxygen atoms in total. The van der Waals surface area contributed by atoms with E-state index in [0.717, 1.165) is 34.4 Å². The topological polar surface area (TPSA) is 54.5 Å². The van der Waals surface area contributed by atoms with Gasteiger partial charge in [0.25, 0.3) is 0 Å². The first-order chi connectivity index (χ1) is 11.7. The molecule has 1 aliphatic rings. The Morgan fingerprint density at radius 2 is 2.33 bits per heavy atom. The number of thiazole rings is 1. The molecule has 1 N–H and O–H groups in total. The number of carbonyl (C=O) groups excluding carboxylic acids is 1. The van der Waals surface area contributed by atoms with Crippen molar-refractivity contribution in [2.24, 2.45) is 5.92 Å². The van der Waals surface area contributed by atoms with Gasteiger partial charge >= 0.3 is 0 Å². The summed E-state index contributed by atoms with van der Waals surface area (Å²) >= 11 is 7.79. The number of halogens is 1. The van der Waals surface area contributed by atoms with Gasteiger partial charge in [0.1, 0.15) is 5.01 Å². The molecule has 1 aliphatic heterocycles. The van der Waals surface area contributed by atoms with Gasteiger partial charge in [0.05, 0.1) is 35.5 Å². The molecule has 2 aromatic rings. The molecule has 128 valence electrons. The lowest BCUT2D eigenvalue weighted by molar-refractivity contribution is -0.124. The molecule has 3 rings (SSSR count). The molecule has 24 heavy (non-hydrogen) atoms. The Kier molecular flexibility index (Phi) is 5.71. The fourth-order valence-corrected chi connectivity index (χ4v) is 3.86. The van der Waals surface area contributed by atoms with Gasteiger partial charge in [-0.2, -0.15) is 0 Å². The van der Waals surface area contributed by atoms with Crippen LogP contribution in [-0.2, 0) is 22.7 Å². The summed E-state index contributed by atoms with van der Waals surface area (Å²) in [7, 11) is 1.65. The molecule has 1 fully saturated rings. The van der Waals surface area contributed by atoms with E-state index in [1.807, 2.05) is 29.6 Å². The first-order valence-corrected chi connectivity index (χ1v) is 9.12. The van der Waals surface area contributed by atoms with Gasteiger partial charge in [0.15, 0.2) is 0 Å². The number of hydrogen-bond donors (Lipinski definition) is 1. The highest BCUT2D eigenvalue weighted by atomic mass is 35.5. The predicted octanol–water partition coefficient (Wildman–Crippen LogP) is 3.09. The Morgan fingerprint density at radius 3 is 3.12 bits per heavy atom.